The van der Waals surface area contributed by atoms with Crippen LogP contribution in [-0.4, -0.2) is 54.6 Å². The zero-order chi connectivity index (χ0) is 15.1. The first-order chi connectivity index (χ1) is 10.2. The molecule has 0 spiro atoms. The first-order valence-electron chi connectivity index (χ1n) is 8.18. The summed E-state index contributed by atoms with van der Waals surface area (Å²) < 4.78 is 0. The average Bonchev–Trinajstić information content (AvgIpc) is 2.51. The van der Waals surface area contributed by atoms with Crippen molar-refractivity contribution in [3.63, 3.8) is 0 Å². The summed E-state index contributed by atoms with van der Waals surface area (Å²) >= 11 is 0. The van der Waals surface area contributed by atoms with E-state index in [9.17, 15) is 0 Å². The first-order valence-corrected chi connectivity index (χ1v) is 8.18. The number of piperidine rings is 1. The average molecular weight is 291 g/mol. The SMILES string of the molecule is CCC1CCCCN1c1cc(NCCCN(C)C)ncn1. The fraction of sp³-hybridized carbons (Fsp3) is 0.750. The summed E-state index contributed by atoms with van der Waals surface area (Å²) in [7, 11) is 4.20. The number of anilines is 2. The van der Waals surface area contributed by atoms with Gasteiger partial charge in [0, 0.05) is 25.2 Å². The molecule has 1 aromatic rings. The van der Waals surface area contributed by atoms with Crippen molar-refractivity contribution in [1.29, 1.82) is 0 Å². The molecule has 2 rings (SSSR count). The van der Waals surface area contributed by atoms with Gasteiger partial charge in [-0.15, -0.1) is 0 Å². The fourth-order valence-electron chi connectivity index (χ4n) is 2.94. The largest absolute Gasteiger partial charge is 0.370 e. The Morgan fingerprint density at radius 3 is 2.95 bits per heavy atom. The van der Waals surface area contributed by atoms with Crippen molar-refractivity contribution >= 4 is 11.6 Å². The smallest absolute Gasteiger partial charge is 0.134 e. The number of hydrogen-bond acceptors (Lipinski definition) is 5. The summed E-state index contributed by atoms with van der Waals surface area (Å²) in [6.45, 7) is 5.43. The zero-order valence-corrected chi connectivity index (χ0v) is 13.7. The van der Waals surface area contributed by atoms with E-state index in [-0.39, 0.29) is 0 Å². The van der Waals surface area contributed by atoms with Gasteiger partial charge in [0.1, 0.15) is 18.0 Å². The second-order valence-electron chi connectivity index (χ2n) is 6.10. The van der Waals surface area contributed by atoms with Gasteiger partial charge in [-0.05, 0) is 52.7 Å². The van der Waals surface area contributed by atoms with Crippen molar-refractivity contribution in [3.05, 3.63) is 12.4 Å². The molecule has 0 bridgehead atoms. The lowest BCUT2D eigenvalue weighted by Crippen LogP contribution is -2.39. The van der Waals surface area contributed by atoms with Gasteiger partial charge in [-0.1, -0.05) is 6.92 Å². The van der Waals surface area contributed by atoms with Crippen LogP contribution in [0.25, 0.3) is 0 Å². The molecule has 1 unspecified atom stereocenters. The molecule has 1 atom stereocenters. The minimum atomic E-state index is 0.634. The van der Waals surface area contributed by atoms with Crippen LogP contribution in [0.3, 0.4) is 0 Å². The van der Waals surface area contributed by atoms with Crippen LogP contribution < -0.4 is 10.2 Å². The minimum absolute atomic E-state index is 0.634. The molecule has 5 heteroatoms. The summed E-state index contributed by atoms with van der Waals surface area (Å²) in [5.41, 5.74) is 0. The summed E-state index contributed by atoms with van der Waals surface area (Å²) in [6, 6.07) is 2.74. The quantitative estimate of drug-likeness (QED) is 0.782. The molecular weight excluding hydrogens is 262 g/mol. The van der Waals surface area contributed by atoms with E-state index in [2.05, 4.69) is 52.2 Å². The van der Waals surface area contributed by atoms with Gasteiger partial charge in [0.25, 0.3) is 0 Å². The molecule has 0 aliphatic carbocycles. The van der Waals surface area contributed by atoms with Crippen LogP contribution in [0.15, 0.2) is 12.4 Å². The van der Waals surface area contributed by atoms with E-state index in [1.165, 1.54) is 25.7 Å². The van der Waals surface area contributed by atoms with E-state index >= 15 is 0 Å². The molecule has 1 fully saturated rings. The van der Waals surface area contributed by atoms with Gasteiger partial charge in [0.05, 0.1) is 0 Å². The number of hydrogen-bond donors (Lipinski definition) is 1. The molecular formula is C16H29N5. The predicted octanol–water partition coefficient (Wildman–Crippen LogP) is 2.61. The first kappa shape index (κ1) is 16.0. The van der Waals surface area contributed by atoms with E-state index in [1.807, 2.05) is 0 Å². The topological polar surface area (TPSA) is 44.3 Å². The van der Waals surface area contributed by atoms with Crippen LogP contribution in [0.1, 0.15) is 39.0 Å². The maximum absolute atomic E-state index is 4.48. The van der Waals surface area contributed by atoms with Crippen LogP contribution in [0.2, 0.25) is 0 Å². The third kappa shape index (κ3) is 4.84. The molecule has 2 heterocycles. The monoisotopic (exact) mass is 291 g/mol. The molecule has 0 radical (unpaired) electrons. The molecule has 1 aliphatic rings. The lowest BCUT2D eigenvalue weighted by atomic mass is 10.0. The Hall–Kier alpha value is -1.36. The molecule has 1 aromatic heterocycles. The maximum Gasteiger partial charge on any atom is 0.134 e. The highest BCUT2D eigenvalue weighted by Gasteiger charge is 2.22. The van der Waals surface area contributed by atoms with Crippen LogP contribution in [0.5, 0.6) is 0 Å². The van der Waals surface area contributed by atoms with Gasteiger partial charge >= 0.3 is 0 Å². The van der Waals surface area contributed by atoms with Gasteiger partial charge in [-0.3, -0.25) is 0 Å². The molecule has 1 aliphatic heterocycles. The number of nitrogens with one attached hydrogen (secondary N) is 1. The van der Waals surface area contributed by atoms with Crippen LogP contribution in [-0.2, 0) is 0 Å². The lowest BCUT2D eigenvalue weighted by Gasteiger charge is -2.36. The third-order valence-electron chi connectivity index (χ3n) is 4.13. The zero-order valence-electron chi connectivity index (χ0n) is 13.7. The Balaban J connectivity index is 1.93. The standard InChI is InChI=1S/C16H29N5/c1-4-14-8-5-6-11-21(14)16-12-15(18-13-19-16)17-9-7-10-20(2)3/h12-14H,4-11H2,1-3H3,(H,17,18,19). The Bertz CT molecular complexity index is 421. The molecule has 1 saturated heterocycles. The molecule has 0 amide bonds. The van der Waals surface area contributed by atoms with Gasteiger partial charge in [0.2, 0.25) is 0 Å². The molecule has 0 saturated carbocycles. The molecule has 0 aromatic carbocycles. The molecule has 5 nitrogen and oxygen atoms in total. The highest BCUT2D eigenvalue weighted by atomic mass is 15.2. The highest BCUT2D eigenvalue weighted by molar-refractivity contribution is 5.49. The summed E-state index contributed by atoms with van der Waals surface area (Å²) in [5, 5.41) is 3.41. The second kappa shape index (κ2) is 8.17. The maximum atomic E-state index is 4.48. The van der Waals surface area contributed by atoms with E-state index < -0.39 is 0 Å². The molecule has 21 heavy (non-hydrogen) atoms. The lowest BCUT2D eigenvalue weighted by molar-refractivity contribution is 0.405. The summed E-state index contributed by atoms with van der Waals surface area (Å²) in [5.74, 6) is 2.02. The minimum Gasteiger partial charge on any atom is -0.370 e. The van der Waals surface area contributed by atoms with Crippen LogP contribution in [0.4, 0.5) is 11.6 Å². The van der Waals surface area contributed by atoms with Gasteiger partial charge in [-0.25, -0.2) is 9.97 Å². The predicted molar refractivity (Wildman–Crippen MR) is 89.0 cm³/mol. The molecule has 118 valence electrons. The summed E-state index contributed by atoms with van der Waals surface area (Å²) in [4.78, 5) is 13.5. The van der Waals surface area contributed by atoms with Gasteiger partial charge < -0.3 is 15.1 Å². The fourth-order valence-corrected chi connectivity index (χ4v) is 2.94. The van der Waals surface area contributed by atoms with Crippen LogP contribution >= 0.6 is 0 Å². The van der Waals surface area contributed by atoms with Crippen molar-refractivity contribution < 1.29 is 0 Å². The highest BCUT2D eigenvalue weighted by Crippen LogP contribution is 2.25. The second-order valence-corrected chi connectivity index (χ2v) is 6.10. The van der Waals surface area contributed by atoms with Gasteiger partial charge in [-0.2, -0.15) is 0 Å². The van der Waals surface area contributed by atoms with Crippen molar-refractivity contribution in [3.8, 4) is 0 Å². The van der Waals surface area contributed by atoms with Crippen molar-refractivity contribution in [2.45, 2.75) is 45.1 Å². The van der Waals surface area contributed by atoms with Crippen LogP contribution in [0, 0.1) is 0 Å². The molecule has 1 N–H and O–H groups in total. The number of aromatic nitrogens is 2. The number of rotatable bonds is 7. The van der Waals surface area contributed by atoms with E-state index in [0.29, 0.717) is 6.04 Å². The van der Waals surface area contributed by atoms with E-state index in [0.717, 1.165) is 37.7 Å². The van der Waals surface area contributed by atoms with Crippen molar-refractivity contribution in [2.24, 2.45) is 0 Å². The Kier molecular flexibility index (Phi) is 6.23. The van der Waals surface area contributed by atoms with Crippen molar-refractivity contribution in [1.82, 2.24) is 14.9 Å². The van der Waals surface area contributed by atoms with Gasteiger partial charge in [0.15, 0.2) is 0 Å². The Morgan fingerprint density at radius 1 is 1.33 bits per heavy atom. The third-order valence-corrected chi connectivity index (χ3v) is 4.13. The van der Waals surface area contributed by atoms with E-state index in [1.54, 1.807) is 6.33 Å². The summed E-state index contributed by atoms with van der Waals surface area (Å²) in [6.07, 6.45) is 7.89. The normalized spacial score (nSPS) is 19.0. The Labute approximate surface area is 128 Å². The number of nitrogens with zero attached hydrogens (tertiary/aromatic N) is 4. The Morgan fingerprint density at radius 2 is 2.19 bits per heavy atom. The van der Waals surface area contributed by atoms with E-state index in [4.69, 9.17) is 0 Å². The van der Waals surface area contributed by atoms with Crippen molar-refractivity contribution in [2.75, 3.05) is 43.9 Å².